The highest BCUT2D eigenvalue weighted by molar-refractivity contribution is 5.48. The first-order chi connectivity index (χ1) is 14.2. The zero-order valence-corrected chi connectivity index (χ0v) is 21.3. The SMILES string of the molecule is CCC=O.CCCCCC[N+](CCCCCC)(CCCCCC)CCCCCC. The molecule has 0 aliphatic carbocycles. The number of hydrogen-bond acceptors (Lipinski definition) is 1. The highest BCUT2D eigenvalue weighted by atomic mass is 16.1. The largest absolute Gasteiger partial charge is 0.324 e. The number of carbonyl (C=O) groups is 1. The van der Waals surface area contributed by atoms with Gasteiger partial charge in [-0.1, -0.05) is 86.0 Å². The molecule has 0 aromatic heterocycles. The van der Waals surface area contributed by atoms with E-state index in [2.05, 4.69) is 27.7 Å². The van der Waals surface area contributed by atoms with Gasteiger partial charge in [-0.2, -0.15) is 0 Å². The van der Waals surface area contributed by atoms with Gasteiger partial charge in [-0.25, -0.2) is 0 Å². The third kappa shape index (κ3) is 22.1. The maximum Gasteiger partial charge on any atom is 0.119 e. The molecule has 0 bridgehead atoms. The Hall–Kier alpha value is -0.370. The van der Waals surface area contributed by atoms with Crippen LogP contribution in [-0.2, 0) is 4.79 Å². The molecule has 0 atom stereocenters. The van der Waals surface area contributed by atoms with Crippen molar-refractivity contribution in [1.82, 2.24) is 0 Å². The third-order valence-corrected chi connectivity index (χ3v) is 6.11. The summed E-state index contributed by atoms with van der Waals surface area (Å²) in [4.78, 5) is 9.17. The highest BCUT2D eigenvalue weighted by Crippen LogP contribution is 2.19. The Bertz CT molecular complexity index is 249. The lowest BCUT2D eigenvalue weighted by Crippen LogP contribution is -2.50. The molecule has 0 aromatic carbocycles. The van der Waals surface area contributed by atoms with Gasteiger partial charge < -0.3 is 9.28 Å². The summed E-state index contributed by atoms with van der Waals surface area (Å²) in [6.45, 7) is 17.0. The summed E-state index contributed by atoms with van der Waals surface area (Å²) in [5.74, 6) is 0. The van der Waals surface area contributed by atoms with Crippen molar-refractivity contribution in [3.8, 4) is 0 Å². The van der Waals surface area contributed by atoms with Gasteiger partial charge in [0.15, 0.2) is 0 Å². The Balaban J connectivity index is 0. The average Bonchev–Trinajstić information content (AvgIpc) is 2.75. The Morgan fingerprint density at radius 3 is 0.862 bits per heavy atom. The van der Waals surface area contributed by atoms with E-state index < -0.39 is 0 Å². The fraction of sp³-hybridized carbons (Fsp3) is 0.963. The van der Waals surface area contributed by atoms with Gasteiger partial charge in [-0.15, -0.1) is 0 Å². The molecule has 0 spiro atoms. The molecule has 0 aromatic rings. The lowest BCUT2D eigenvalue weighted by atomic mass is 10.1. The van der Waals surface area contributed by atoms with Gasteiger partial charge in [0.1, 0.15) is 6.29 Å². The summed E-state index contributed by atoms with van der Waals surface area (Å²) < 4.78 is 1.46. The molecule has 0 unspecified atom stereocenters. The van der Waals surface area contributed by atoms with Crippen LogP contribution in [0.1, 0.15) is 144 Å². The van der Waals surface area contributed by atoms with Gasteiger partial charge in [0.25, 0.3) is 0 Å². The van der Waals surface area contributed by atoms with E-state index >= 15 is 0 Å². The van der Waals surface area contributed by atoms with Crippen LogP contribution in [0.2, 0.25) is 0 Å². The van der Waals surface area contributed by atoms with Crippen molar-refractivity contribution in [1.29, 1.82) is 0 Å². The fourth-order valence-electron chi connectivity index (χ4n) is 4.17. The first-order valence-electron chi connectivity index (χ1n) is 13.4. The van der Waals surface area contributed by atoms with E-state index in [1.807, 2.05) is 6.92 Å². The number of nitrogens with zero attached hydrogens (tertiary/aromatic N) is 1. The van der Waals surface area contributed by atoms with Gasteiger partial charge in [0.05, 0.1) is 26.2 Å². The number of carbonyl (C=O) groups excluding carboxylic acids is 1. The summed E-state index contributed by atoms with van der Waals surface area (Å²) in [5.41, 5.74) is 0. The van der Waals surface area contributed by atoms with Crippen LogP contribution in [0.15, 0.2) is 0 Å². The minimum Gasteiger partial charge on any atom is -0.324 e. The molecule has 0 saturated carbocycles. The Labute approximate surface area is 185 Å². The number of hydrogen-bond donors (Lipinski definition) is 0. The molecule has 176 valence electrons. The van der Waals surface area contributed by atoms with Gasteiger partial charge in [0.2, 0.25) is 0 Å². The Kier molecular flexibility index (Phi) is 27.3. The van der Waals surface area contributed by atoms with Crippen LogP contribution in [0.4, 0.5) is 0 Å². The molecule has 0 amide bonds. The van der Waals surface area contributed by atoms with Crippen molar-refractivity contribution >= 4 is 6.29 Å². The zero-order chi connectivity index (χ0) is 22.1. The molecular formula is C27H58NO+. The molecule has 0 saturated heterocycles. The van der Waals surface area contributed by atoms with E-state index in [4.69, 9.17) is 0 Å². The normalized spacial score (nSPS) is 11.2. The van der Waals surface area contributed by atoms with Crippen molar-refractivity contribution in [2.75, 3.05) is 26.2 Å². The summed E-state index contributed by atoms with van der Waals surface area (Å²) in [6, 6.07) is 0. The molecule has 0 heterocycles. The van der Waals surface area contributed by atoms with Crippen molar-refractivity contribution in [3.05, 3.63) is 0 Å². The van der Waals surface area contributed by atoms with E-state index in [-0.39, 0.29) is 0 Å². The first-order valence-corrected chi connectivity index (χ1v) is 13.4. The molecule has 0 aliphatic heterocycles. The third-order valence-electron chi connectivity index (χ3n) is 6.11. The van der Waals surface area contributed by atoms with Crippen LogP contribution >= 0.6 is 0 Å². The van der Waals surface area contributed by atoms with Crippen molar-refractivity contribution in [2.45, 2.75) is 144 Å². The lowest BCUT2D eigenvalue weighted by Gasteiger charge is -2.39. The van der Waals surface area contributed by atoms with E-state index in [9.17, 15) is 4.79 Å². The topological polar surface area (TPSA) is 17.1 Å². The number of unbranched alkanes of at least 4 members (excludes halogenated alkanes) is 12. The first kappa shape index (κ1) is 30.8. The van der Waals surface area contributed by atoms with Gasteiger partial charge in [-0.05, 0) is 51.4 Å². The number of quaternary nitrogens is 1. The number of rotatable bonds is 21. The van der Waals surface area contributed by atoms with E-state index in [0.29, 0.717) is 6.42 Å². The highest BCUT2D eigenvalue weighted by Gasteiger charge is 2.25. The van der Waals surface area contributed by atoms with E-state index in [1.54, 1.807) is 0 Å². The van der Waals surface area contributed by atoms with E-state index in [1.165, 1.54) is 133 Å². The molecule has 0 radical (unpaired) electrons. The minimum absolute atomic E-state index is 0.639. The standard InChI is InChI=1S/C24H52N.C3H6O/c1-5-9-13-17-21-25(22-18-14-10-6-2,23-19-15-11-7-3)24-20-16-12-8-4;1-2-3-4/h5-24H2,1-4H3;3H,2H2,1H3/q+1;. The molecule has 29 heavy (non-hydrogen) atoms. The maximum absolute atomic E-state index is 9.17. The van der Waals surface area contributed by atoms with Gasteiger partial charge >= 0.3 is 0 Å². The quantitative estimate of drug-likeness (QED) is 0.105. The minimum atomic E-state index is 0.639. The summed E-state index contributed by atoms with van der Waals surface area (Å²) >= 11 is 0. The second kappa shape index (κ2) is 25.7. The van der Waals surface area contributed by atoms with Crippen LogP contribution in [0.5, 0.6) is 0 Å². The van der Waals surface area contributed by atoms with Crippen LogP contribution in [-0.4, -0.2) is 36.9 Å². The molecule has 0 aliphatic rings. The zero-order valence-electron chi connectivity index (χ0n) is 21.3. The predicted molar refractivity (Wildman–Crippen MR) is 133 cm³/mol. The van der Waals surface area contributed by atoms with Crippen molar-refractivity contribution < 1.29 is 9.28 Å². The van der Waals surface area contributed by atoms with Crippen LogP contribution < -0.4 is 0 Å². The van der Waals surface area contributed by atoms with Gasteiger partial charge in [0, 0.05) is 6.42 Å². The molecular weight excluding hydrogens is 354 g/mol. The van der Waals surface area contributed by atoms with E-state index in [0.717, 1.165) is 6.29 Å². The second-order valence-electron chi connectivity index (χ2n) is 9.05. The lowest BCUT2D eigenvalue weighted by molar-refractivity contribution is -0.929. The monoisotopic (exact) mass is 412 g/mol. The fourth-order valence-corrected chi connectivity index (χ4v) is 4.17. The molecule has 0 fully saturated rings. The smallest absolute Gasteiger partial charge is 0.119 e. The Morgan fingerprint density at radius 2 is 0.690 bits per heavy atom. The molecule has 0 rings (SSSR count). The summed E-state index contributed by atoms with van der Waals surface area (Å²) in [6.07, 6.45) is 24.4. The molecule has 0 N–H and O–H groups in total. The van der Waals surface area contributed by atoms with Gasteiger partial charge in [-0.3, -0.25) is 0 Å². The van der Waals surface area contributed by atoms with Crippen LogP contribution in [0.25, 0.3) is 0 Å². The van der Waals surface area contributed by atoms with Crippen LogP contribution in [0, 0.1) is 0 Å². The molecule has 2 heteroatoms. The summed E-state index contributed by atoms with van der Waals surface area (Å²) in [7, 11) is 0. The van der Waals surface area contributed by atoms with Crippen molar-refractivity contribution in [2.24, 2.45) is 0 Å². The Morgan fingerprint density at radius 1 is 0.448 bits per heavy atom. The number of aldehydes is 1. The average molecular weight is 413 g/mol. The van der Waals surface area contributed by atoms with Crippen LogP contribution in [0.3, 0.4) is 0 Å². The summed E-state index contributed by atoms with van der Waals surface area (Å²) in [5, 5.41) is 0. The maximum atomic E-state index is 9.17. The van der Waals surface area contributed by atoms with Crippen molar-refractivity contribution in [3.63, 3.8) is 0 Å². The molecule has 2 nitrogen and oxygen atoms in total. The predicted octanol–water partition coefficient (Wildman–Crippen LogP) is 8.72. The second-order valence-corrected chi connectivity index (χ2v) is 9.05.